The van der Waals surface area contributed by atoms with Gasteiger partial charge in [-0.25, -0.2) is 19.8 Å². The van der Waals surface area contributed by atoms with Crippen molar-refractivity contribution in [2.45, 2.75) is 65.2 Å². The quantitative estimate of drug-likeness (QED) is 0.288. The minimum absolute atomic E-state index is 0.0673. The molecule has 0 amide bonds. The number of alkyl halides is 3. The highest BCUT2D eigenvalue weighted by Crippen LogP contribution is 2.35. The van der Waals surface area contributed by atoms with Crippen molar-refractivity contribution in [2.24, 2.45) is 5.92 Å². The van der Waals surface area contributed by atoms with Crippen molar-refractivity contribution in [2.75, 3.05) is 29.1 Å². The van der Waals surface area contributed by atoms with E-state index in [-0.39, 0.29) is 18.4 Å². The lowest BCUT2D eigenvalue weighted by Gasteiger charge is -2.33. The molecule has 4 N–H and O–H groups in total. The Morgan fingerprint density at radius 1 is 1.17 bits per heavy atom. The van der Waals surface area contributed by atoms with Gasteiger partial charge in [-0.15, -0.1) is 0 Å². The molecule has 0 radical (unpaired) electrons. The van der Waals surface area contributed by atoms with Crippen LogP contribution in [0.2, 0.25) is 0 Å². The summed E-state index contributed by atoms with van der Waals surface area (Å²) >= 11 is 0. The van der Waals surface area contributed by atoms with E-state index in [2.05, 4.69) is 26.0 Å². The molecule has 0 bridgehead atoms. The summed E-state index contributed by atoms with van der Waals surface area (Å²) in [7, 11) is 0. The van der Waals surface area contributed by atoms with Crippen molar-refractivity contribution >= 4 is 23.3 Å². The largest absolute Gasteiger partial charge is 0.475 e. The van der Waals surface area contributed by atoms with Crippen molar-refractivity contribution in [1.82, 2.24) is 15.0 Å². The van der Waals surface area contributed by atoms with Crippen molar-refractivity contribution < 1.29 is 23.1 Å². The fourth-order valence-corrected chi connectivity index (χ4v) is 3.90. The van der Waals surface area contributed by atoms with E-state index in [1.807, 2.05) is 25.8 Å². The van der Waals surface area contributed by atoms with Gasteiger partial charge in [0.05, 0.1) is 5.56 Å². The van der Waals surface area contributed by atoms with Gasteiger partial charge >= 0.3 is 12.1 Å². The highest BCUT2D eigenvalue weighted by molar-refractivity contribution is 5.87. The summed E-state index contributed by atoms with van der Waals surface area (Å²) in [6.45, 7) is 7.60. The molecule has 1 saturated carbocycles. The average Bonchev–Trinajstić information content (AvgIpc) is 2.76. The van der Waals surface area contributed by atoms with Gasteiger partial charge in [-0.2, -0.15) is 13.2 Å². The summed E-state index contributed by atoms with van der Waals surface area (Å²) in [5.74, 6) is -0.491. The number of aromatic carboxylic acids is 1. The molecule has 1 heterocycles. The minimum Gasteiger partial charge on any atom is -0.475 e. The number of hydrazine groups is 1. The van der Waals surface area contributed by atoms with Gasteiger partial charge in [0.1, 0.15) is 5.69 Å². The maximum atomic E-state index is 12.9. The first-order chi connectivity index (χ1) is 16.6. The lowest BCUT2D eigenvalue weighted by atomic mass is 9.80. The first-order valence-corrected chi connectivity index (χ1v) is 12.0. The molecule has 1 atom stereocenters. The molecular weight excluding hydrogens is 461 g/mol. The van der Waals surface area contributed by atoms with Crippen LogP contribution in [0.1, 0.15) is 68.2 Å². The minimum atomic E-state index is -4.40. The first kappa shape index (κ1) is 26.5. The fraction of sp³-hybridized carbons (Fsp3) is 0.542. The average molecular weight is 495 g/mol. The van der Waals surface area contributed by atoms with E-state index in [0.29, 0.717) is 41.9 Å². The number of nitrogens with zero attached hydrogens (tertiary/aromatic N) is 3. The van der Waals surface area contributed by atoms with Crippen molar-refractivity contribution in [1.29, 1.82) is 0 Å². The lowest BCUT2D eigenvalue weighted by molar-refractivity contribution is -0.137. The van der Waals surface area contributed by atoms with Crippen molar-refractivity contribution in [3.05, 3.63) is 41.2 Å². The van der Waals surface area contributed by atoms with E-state index in [4.69, 9.17) is 0 Å². The Labute approximate surface area is 203 Å². The molecule has 3 rings (SSSR count). The van der Waals surface area contributed by atoms with E-state index < -0.39 is 17.7 Å². The summed E-state index contributed by atoms with van der Waals surface area (Å²) in [5.41, 5.74) is 3.58. The zero-order valence-corrected chi connectivity index (χ0v) is 20.2. The maximum absolute atomic E-state index is 12.9. The van der Waals surface area contributed by atoms with E-state index >= 15 is 0 Å². The zero-order chi connectivity index (χ0) is 25.6. The number of hydrogen-bond acceptors (Lipinski definition) is 7. The molecule has 35 heavy (non-hydrogen) atoms. The van der Waals surface area contributed by atoms with Gasteiger partial charge in [0.15, 0.2) is 11.6 Å². The van der Waals surface area contributed by atoms with Crippen molar-refractivity contribution in [3.63, 3.8) is 0 Å². The predicted molar refractivity (Wildman–Crippen MR) is 129 cm³/mol. The molecule has 0 saturated heterocycles. The molecule has 2 aromatic rings. The number of aromatic nitrogens is 2. The van der Waals surface area contributed by atoms with Crippen LogP contribution >= 0.6 is 0 Å². The number of carboxylic acid groups (broad SMARTS) is 1. The molecular formula is C24H33F3N6O2. The third-order valence-corrected chi connectivity index (χ3v) is 6.21. The molecule has 0 aliphatic heterocycles. The Morgan fingerprint density at radius 3 is 2.34 bits per heavy atom. The molecule has 1 fully saturated rings. The normalized spacial score (nSPS) is 14.9. The fourth-order valence-electron chi connectivity index (χ4n) is 3.90. The highest BCUT2D eigenvalue weighted by Gasteiger charge is 2.30. The Kier molecular flexibility index (Phi) is 8.76. The summed E-state index contributed by atoms with van der Waals surface area (Å²) in [5, 5.41) is 18.1. The molecule has 0 unspecified atom stereocenters. The van der Waals surface area contributed by atoms with Crippen LogP contribution in [0.3, 0.4) is 0 Å². The second kappa shape index (κ2) is 11.6. The monoisotopic (exact) mass is 494 g/mol. The van der Waals surface area contributed by atoms with Crippen LogP contribution in [0.4, 0.5) is 30.5 Å². The predicted octanol–water partition coefficient (Wildman–Crippen LogP) is 5.47. The smallest absolute Gasteiger partial charge is 0.416 e. The number of hydrogen-bond donors (Lipinski definition) is 4. The molecule has 192 valence electrons. The summed E-state index contributed by atoms with van der Waals surface area (Å²) in [6, 6.07) is 4.97. The Bertz CT molecular complexity index is 971. The van der Waals surface area contributed by atoms with E-state index in [0.717, 1.165) is 37.8 Å². The van der Waals surface area contributed by atoms with Crippen LogP contribution in [0.15, 0.2) is 24.3 Å². The molecule has 1 aromatic carbocycles. The topological polar surface area (TPSA) is 102 Å². The summed E-state index contributed by atoms with van der Waals surface area (Å²) in [4.78, 5) is 20.3. The number of anilines is 3. The van der Waals surface area contributed by atoms with Gasteiger partial charge in [0.25, 0.3) is 0 Å². The van der Waals surface area contributed by atoms with Crippen LogP contribution in [0, 0.1) is 5.92 Å². The van der Waals surface area contributed by atoms with Crippen LogP contribution in [0.25, 0.3) is 0 Å². The van der Waals surface area contributed by atoms with Crippen LogP contribution in [-0.4, -0.2) is 45.2 Å². The molecule has 8 nitrogen and oxygen atoms in total. The van der Waals surface area contributed by atoms with Gasteiger partial charge in [-0.1, -0.05) is 32.4 Å². The molecule has 0 spiro atoms. The SMILES string of the molecule is CCCN(CC)Nc1nc(C(=O)O)nc(N[C@H](C)C2CCC2)c1NCc1ccc(C(F)(F)F)cc1. The lowest BCUT2D eigenvalue weighted by Crippen LogP contribution is -2.33. The number of rotatable bonds is 12. The van der Waals surface area contributed by atoms with Gasteiger partial charge < -0.3 is 21.2 Å². The third-order valence-electron chi connectivity index (χ3n) is 6.21. The van der Waals surface area contributed by atoms with Gasteiger partial charge in [-0.3, -0.25) is 0 Å². The second-order valence-electron chi connectivity index (χ2n) is 8.79. The number of carboxylic acids is 1. The van der Waals surface area contributed by atoms with Gasteiger partial charge in [-0.05, 0) is 49.8 Å². The first-order valence-electron chi connectivity index (χ1n) is 12.0. The van der Waals surface area contributed by atoms with E-state index in [1.54, 1.807) is 0 Å². The van der Waals surface area contributed by atoms with Crippen LogP contribution in [-0.2, 0) is 12.7 Å². The molecule has 1 aliphatic rings. The van der Waals surface area contributed by atoms with Gasteiger partial charge in [0, 0.05) is 25.7 Å². The molecule has 1 aromatic heterocycles. The number of carbonyl (C=O) groups is 1. The number of nitrogens with one attached hydrogen (secondary N) is 3. The second-order valence-corrected chi connectivity index (χ2v) is 8.79. The Hall–Kier alpha value is -3.08. The standard InChI is InChI=1S/C24H33F3N6O2/c1-4-13-33(5-2)32-21-19(28-14-16-9-11-18(12-10-16)24(25,26)27)20(30-22(31-21)23(34)35)29-15(3)17-7-6-8-17/h9-12,15,17,28H,4-8,13-14H2,1-3H3,(H,34,35)(H2,29,30,31,32)/t15-/m1/s1. The Balaban J connectivity index is 1.94. The maximum Gasteiger partial charge on any atom is 0.416 e. The van der Waals surface area contributed by atoms with Gasteiger partial charge in [0.2, 0.25) is 5.82 Å². The summed E-state index contributed by atoms with van der Waals surface area (Å²) in [6.07, 6.45) is -0.193. The Morgan fingerprint density at radius 2 is 1.83 bits per heavy atom. The molecule has 11 heteroatoms. The summed E-state index contributed by atoms with van der Waals surface area (Å²) < 4.78 is 38.7. The zero-order valence-electron chi connectivity index (χ0n) is 20.2. The van der Waals surface area contributed by atoms with E-state index in [9.17, 15) is 23.1 Å². The van der Waals surface area contributed by atoms with Crippen LogP contribution < -0.4 is 16.1 Å². The molecule has 1 aliphatic carbocycles. The van der Waals surface area contributed by atoms with Crippen molar-refractivity contribution in [3.8, 4) is 0 Å². The number of benzene rings is 1. The van der Waals surface area contributed by atoms with E-state index in [1.165, 1.54) is 12.1 Å². The third kappa shape index (κ3) is 6.97. The highest BCUT2D eigenvalue weighted by atomic mass is 19.4. The number of halogens is 3. The van der Waals surface area contributed by atoms with Crippen LogP contribution in [0.5, 0.6) is 0 Å².